The Morgan fingerprint density at radius 3 is 2.30 bits per heavy atom. The molecule has 1 aliphatic carbocycles. The minimum absolute atomic E-state index is 0.00889. The SMILES string of the molecule is CC(C)=C[C@@H]1[C@@H](C(=O)N2CCN(C(=O)c3ccc([N+](=O)[O-])s3)CC2)C1(C)C. The van der Waals surface area contributed by atoms with Crippen LogP contribution < -0.4 is 0 Å². The summed E-state index contributed by atoms with van der Waals surface area (Å²) < 4.78 is 0. The molecule has 0 spiro atoms. The Bertz CT molecular complexity index is 802. The van der Waals surface area contributed by atoms with E-state index in [0.717, 1.165) is 11.3 Å². The van der Waals surface area contributed by atoms with E-state index >= 15 is 0 Å². The van der Waals surface area contributed by atoms with Crippen LogP contribution in [0.5, 0.6) is 0 Å². The molecular formula is C19H25N3O4S. The molecule has 2 aliphatic rings. The molecule has 0 radical (unpaired) electrons. The van der Waals surface area contributed by atoms with Crippen LogP contribution in [0.4, 0.5) is 5.00 Å². The first kappa shape index (κ1) is 19.5. The molecule has 1 aromatic heterocycles. The average molecular weight is 391 g/mol. The van der Waals surface area contributed by atoms with Gasteiger partial charge in [0.25, 0.3) is 5.91 Å². The molecule has 3 rings (SSSR count). The molecule has 7 nitrogen and oxygen atoms in total. The van der Waals surface area contributed by atoms with Gasteiger partial charge in [-0.1, -0.05) is 36.8 Å². The zero-order chi connectivity index (χ0) is 19.9. The first-order valence-corrected chi connectivity index (χ1v) is 9.92. The second kappa shape index (κ2) is 7.07. The number of carbonyl (C=O) groups excluding carboxylic acids is 2. The van der Waals surface area contributed by atoms with Crippen LogP contribution in [0, 0.1) is 27.4 Å². The smallest absolute Gasteiger partial charge is 0.324 e. The van der Waals surface area contributed by atoms with Gasteiger partial charge in [-0.3, -0.25) is 19.7 Å². The van der Waals surface area contributed by atoms with E-state index in [0.29, 0.717) is 31.1 Å². The minimum atomic E-state index is -0.488. The first-order valence-electron chi connectivity index (χ1n) is 9.10. The molecule has 0 aromatic carbocycles. The number of rotatable bonds is 4. The van der Waals surface area contributed by atoms with Crippen molar-refractivity contribution in [3.05, 3.63) is 38.8 Å². The molecule has 8 heteroatoms. The molecule has 0 bridgehead atoms. The van der Waals surface area contributed by atoms with Crippen molar-refractivity contribution in [2.45, 2.75) is 27.7 Å². The van der Waals surface area contributed by atoms with E-state index < -0.39 is 4.92 Å². The number of nitro groups is 1. The predicted octanol–water partition coefficient (Wildman–Crippen LogP) is 3.18. The van der Waals surface area contributed by atoms with Crippen molar-refractivity contribution >= 4 is 28.2 Å². The molecule has 27 heavy (non-hydrogen) atoms. The fourth-order valence-corrected chi connectivity index (χ4v) is 4.63. The van der Waals surface area contributed by atoms with Crippen molar-refractivity contribution in [3.8, 4) is 0 Å². The van der Waals surface area contributed by atoms with Crippen molar-refractivity contribution in [1.29, 1.82) is 0 Å². The quantitative estimate of drug-likeness (QED) is 0.448. The highest BCUT2D eigenvalue weighted by Crippen LogP contribution is 2.60. The van der Waals surface area contributed by atoms with Crippen LogP contribution in [-0.4, -0.2) is 52.7 Å². The highest BCUT2D eigenvalue weighted by atomic mass is 32.1. The maximum Gasteiger partial charge on any atom is 0.324 e. The normalized spacial score (nSPS) is 23.7. The van der Waals surface area contributed by atoms with E-state index in [4.69, 9.17) is 0 Å². The van der Waals surface area contributed by atoms with Crippen LogP contribution in [0.2, 0.25) is 0 Å². The lowest BCUT2D eigenvalue weighted by molar-refractivity contribution is -0.380. The molecule has 0 unspecified atom stereocenters. The van der Waals surface area contributed by atoms with Crippen LogP contribution in [0.15, 0.2) is 23.8 Å². The van der Waals surface area contributed by atoms with Crippen molar-refractivity contribution in [2.75, 3.05) is 26.2 Å². The molecule has 2 fully saturated rings. The third kappa shape index (κ3) is 3.76. The Kier molecular flexibility index (Phi) is 5.12. The summed E-state index contributed by atoms with van der Waals surface area (Å²) in [5.41, 5.74) is 1.21. The van der Waals surface area contributed by atoms with Crippen molar-refractivity contribution in [1.82, 2.24) is 9.80 Å². The average Bonchev–Trinajstić information content (AvgIpc) is 2.98. The molecule has 1 aliphatic heterocycles. The Morgan fingerprint density at radius 1 is 1.19 bits per heavy atom. The standard InChI is InChI=1S/C19H25N3O4S/c1-12(2)11-13-16(19(13,3)4)18(24)21-9-7-20(8-10-21)17(23)14-5-6-15(27-14)22(25)26/h5-6,11,13,16H,7-10H2,1-4H3/t13-,16+/m1/s1. The number of hydrogen-bond donors (Lipinski definition) is 0. The van der Waals surface area contributed by atoms with Gasteiger partial charge in [-0.15, -0.1) is 0 Å². The van der Waals surface area contributed by atoms with Gasteiger partial charge in [-0.05, 0) is 31.2 Å². The van der Waals surface area contributed by atoms with Crippen LogP contribution >= 0.6 is 11.3 Å². The van der Waals surface area contributed by atoms with Gasteiger partial charge in [0, 0.05) is 32.2 Å². The second-order valence-corrected chi connectivity index (χ2v) is 9.14. The molecular weight excluding hydrogens is 366 g/mol. The third-order valence-electron chi connectivity index (χ3n) is 5.55. The van der Waals surface area contributed by atoms with Crippen LogP contribution in [0.25, 0.3) is 0 Å². The zero-order valence-electron chi connectivity index (χ0n) is 16.1. The second-order valence-electron chi connectivity index (χ2n) is 8.08. The number of thiophene rings is 1. The Morgan fingerprint density at radius 2 is 1.78 bits per heavy atom. The molecule has 2 amide bonds. The number of carbonyl (C=O) groups is 2. The van der Waals surface area contributed by atoms with E-state index in [2.05, 4.69) is 33.8 Å². The first-order chi connectivity index (χ1) is 12.6. The third-order valence-corrected chi connectivity index (χ3v) is 6.58. The number of amides is 2. The van der Waals surface area contributed by atoms with Gasteiger partial charge in [0.15, 0.2) is 0 Å². The summed E-state index contributed by atoms with van der Waals surface area (Å²) >= 11 is 0.893. The maximum absolute atomic E-state index is 12.9. The van der Waals surface area contributed by atoms with E-state index in [-0.39, 0.29) is 34.1 Å². The van der Waals surface area contributed by atoms with Gasteiger partial charge in [0.1, 0.15) is 0 Å². The molecule has 2 atom stereocenters. The van der Waals surface area contributed by atoms with Gasteiger partial charge in [0.2, 0.25) is 5.91 Å². The highest BCUT2D eigenvalue weighted by molar-refractivity contribution is 7.17. The van der Waals surface area contributed by atoms with Crippen LogP contribution in [0.3, 0.4) is 0 Å². The summed E-state index contributed by atoms with van der Waals surface area (Å²) in [6.07, 6.45) is 2.19. The largest absolute Gasteiger partial charge is 0.339 e. The van der Waals surface area contributed by atoms with Crippen molar-refractivity contribution in [2.24, 2.45) is 17.3 Å². The fraction of sp³-hybridized carbons (Fsp3) is 0.579. The van der Waals surface area contributed by atoms with Gasteiger partial charge in [-0.2, -0.15) is 0 Å². The number of hydrogen-bond acceptors (Lipinski definition) is 5. The Labute approximate surface area is 162 Å². The molecule has 0 N–H and O–H groups in total. The van der Waals surface area contributed by atoms with Gasteiger partial charge in [-0.25, -0.2) is 0 Å². The van der Waals surface area contributed by atoms with Crippen LogP contribution in [-0.2, 0) is 4.79 Å². The number of allylic oxidation sites excluding steroid dienone is 2. The Balaban J connectivity index is 1.59. The van der Waals surface area contributed by atoms with Crippen molar-refractivity contribution in [3.63, 3.8) is 0 Å². The molecule has 1 saturated heterocycles. The summed E-state index contributed by atoms with van der Waals surface area (Å²) in [6.45, 7) is 10.3. The zero-order valence-corrected chi connectivity index (χ0v) is 16.9. The summed E-state index contributed by atoms with van der Waals surface area (Å²) in [6, 6.07) is 2.86. The van der Waals surface area contributed by atoms with E-state index in [1.165, 1.54) is 17.7 Å². The molecule has 2 heterocycles. The highest BCUT2D eigenvalue weighted by Gasteiger charge is 2.61. The fourth-order valence-electron chi connectivity index (χ4n) is 3.84. The summed E-state index contributed by atoms with van der Waals surface area (Å²) in [5.74, 6) is 0.256. The minimum Gasteiger partial charge on any atom is -0.339 e. The molecule has 1 aromatic rings. The monoisotopic (exact) mass is 391 g/mol. The number of nitrogens with zero attached hydrogens (tertiary/aromatic N) is 3. The number of piperazine rings is 1. The lowest BCUT2D eigenvalue weighted by Gasteiger charge is -2.35. The van der Waals surface area contributed by atoms with E-state index in [1.54, 1.807) is 4.90 Å². The molecule has 1 saturated carbocycles. The summed E-state index contributed by atoms with van der Waals surface area (Å²) in [5, 5.41) is 10.8. The predicted molar refractivity (Wildman–Crippen MR) is 104 cm³/mol. The summed E-state index contributed by atoms with van der Waals surface area (Å²) in [4.78, 5) is 39.6. The Hall–Kier alpha value is -2.22. The van der Waals surface area contributed by atoms with E-state index in [1.807, 2.05) is 4.90 Å². The van der Waals surface area contributed by atoms with Gasteiger partial charge >= 0.3 is 5.00 Å². The maximum atomic E-state index is 12.9. The van der Waals surface area contributed by atoms with Crippen LogP contribution in [0.1, 0.15) is 37.4 Å². The van der Waals surface area contributed by atoms with Crippen molar-refractivity contribution < 1.29 is 14.5 Å². The topological polar surface area (TPSA) is 83.8 Å². The lowest BCUT2D eigenvalue weighted by atomic mass is 10.1. The lowest BCUT2D eigenvalue weighted by Crippen LogP contribution is -2.51. The molecule has 146 valence electrons. The summed E-state index contributed by atoms with van der Waals surface area (Å²) in [7, 11) is 0. The van der Waals surface area contributed by atoms with E-state index in [9.17, 15) is 19.7 Å². The van der Waals surface area contributed by atoms with Gasteiger partial charge < -0.3 is 9.80 Å². The van der Waals surface area contributed by atoms with Gasteiger partial charge in [0.05, 0.1) is 15.7 Å².